The van der Waals surface area contributed by atoms with Crippen molar-refractivity contribution >= 4 is 29.2 Å². The van der Waals surface area contributed by atoms with E-state index >= 15 is 0 Å². The van der Waals surface area contributed by atoms with Crippen LogP contribution in [-0.4, -0.2) is 76.4 Å². The fraction of sp³-hybridized carbons (Fsp3) is 0.422. The second-order valence-electron chi connectivity index (χ2n) is 15.9. The summed E-state index contributed by atoms with van der Waals surface area (Å²) < 4.78 is 10.2. The number of allylic oxidation sites excluding steroid dienone is 1. The molecule has 2 saturated carbocycles. The highest BCUT2D eigenvalue weighted by molar-refractivity contribution is 6.02. The van der Waals surface area contributed by atoms with Crippen LogP contribution < -0.4 is 10.6 Å². The Morgan fingerprint density at radius 2 is 1.60 bits per heavy atom. The number of nitrogens with zero attached hydrogens (tertiary/aromatic N) is 4. The Kier molecular flexibility index (Phi) is 11.1. The van der Waals surface area contributed by atoms with Crippen molar-refractivity contribution in [2.75, 3.05) is 20.8 Å². The molecule has 12 heteroatoms. The lowest BCUT2D eigenvalue weighted by atomic mass is 9.74. The minimum Gasteiger partial charge on any atom is -0.453 e. The Morgan fingerprint density at radius 3 is 2.30 bits per heavy atom. The molecule has 4 heterocycles. The highest BCUT2D eigenvalue weighted by Gasteiger charge is 2.53. The van der Waals surface area contributed by atoms with Crippen molar-refractivity contribution in [3.05, 3.63) is 102 Å². The number of likely N-dealkylation sites (tertiary alicyclic amines) is 1. The number of aromatic amines is 1. The highest BCUT2D eigenvalue weighted by atomic mass is 16.5. The van der Waals surface area contributed by atoms with Crippen molar-refractivity contribution < 1.29 is 23.9 Å². The van der Waals surface area contributed by atoms with E-state index < -0.39 is 18.2 Å². The van der Waals surface area contributed by atoms with Crippen molar-refractivity contribution in [2.24, 2.45) is 28.7 Å². The predicted octanol–water partition coefficient (Wildman–Crippen LogP) is 7.29. The first-order valence-electron chi connectivity index (χ1n) is 20.1. The number of ether oxygens (including phenoxy) is 2. The predicted molar refractivity (Wildman–Crippen MR) is 218 cm³/mol. The van der Waals surface area contributed by atoms with Crippen LogP contribution in [0.25, 0.3) is 28.0 Å². The van der Waals surface area contributed by atoms with Crippen LogP contribution in [0.3, 0.4) is 0 Å². The molecule has 8 atom stereocenters. The van der Waals surface area contributed by atoms with E-state index in [2.05, 4.69) is 74.1 Å². The van der Waals surface area contributed by atoms with Gasteiger partial charge in [0.2, 0.25) is 11.8 Å². The number of methoxy groups -OCH3 is 2. The third kappa shape index (κ3) is 7.75. The molecule has 3 N–H and O–H groups in total. The summed E-state index contributed by atoms with van der Waals surface area (Å²) in [5.74, 6) is 1.72. The van der Waals surface area contributed by atoms with E-state index in [1.165, 1.54) is 26.2 Å². The minimum absolute atomic E-state index is 0.0331. The first kappa shape index (κ1) is 38.3. The molecule has 1 saturated heterocycles. The summed E-state index contributed by atoms with van der Waals surface area (Å²) >= 11 is 0. The fourth-order valence-electron chi connectivity index (χ4n) is 9.57. The lowest BCUT2D eigenvalue weighted by Gasteiger charge is -2.31. The molecule has 2 aliphatic carbocycles. The summed E-state index contributed by atoms with van der Waals surface area (Å²) in [6.45, 7) is 4.33. The van der Waals surface area contributed by atoms with Crippen molar-refractivity contribution in [2.45, 2.75) is 76.6 Å². The van der Waals surface area contributed by atoms with Crippen LogP contribution in [0.5, 0.6) is 0 Å². The number of amides is 3. The lowest BCUT2D eigenvalue weighted by molar-refractivity contribution is -0.137. The molecule has 2 aromatic heterocycles. The van der Waals surface area contributed by atoms with Crippen LogP contribution in [0, 0.1) is 23.7 Å². The van der Waals surface area contributed by atoms with E-state index in [4.69, 9.17) is 14.5 Å². The van der Waals surface area contributed by atoms with Gasteiger partial charge in [-0.05, 0) is 97.2 Å². The van der Waals surface area contributed by atoms with Gasteiger partial charge in [0.15, 0.2) is 0 Å². The van der Waals surface area contributed by atoms with Crippen LogP contribution in [0.4, 0.5) is 4.79 Å². The van der Waals surface area contributed by atoms with E-state index in [-0.39, 0.29) is 35.7 Å². The third-order valence-electron chi connectivity index (χ3n) is 12.7. The maximum absolute atomic E-state index is 13.7. The molecule has 296 valence electrons. The maximum Gasteiger partial charge on any atom is 0.407 e. The van der Waals surface area contributed by atoms with Gasteiger partial charge < -0.3 is 30.0 Å². The zero-order chi connectivity index (χ0) is 39.6. The van der Waals surface area contributed by atoms with Gasteiger partial charge in [0, 0.05) is 56.2 Å². The smallest absolute Gasteiger partial charge is 0.407 e. The van der Waals surface area contributed by atoms with E-state index in [0.29, 0.717) is 24.2 Å². The molecule has 0 spiro atoms. The number of aromatic nitrogens is 3. The number of carbonyl (C=O) groups excluding carboxylic acids is 3. The number of fused-ring (bicyclic) bond motifs is 2. The monoisotopic (exact) mass is 769 g/mol. The molecule has 57 heavy (non-hydrogen) atoms. The number of pyridine rings is 1. The molecule has 3 amide bonds. The van der Waals surface area contributed by atoms with Gasteiger partial charge in [-0.2, -0.15) is 0 Å². The molecule has 12 nitrogen and oxygen atoms in total. The van der Waals surface area contributed by atoms with E-state index in [9.17, 15) is 14.4 Å². The zero-order valence-corrected chi connectivity index (χ0v) is 33.0. The van der Waals surface area contributed by atoms with Crippen molar-refractivity contribution in [1.82, 2.24) is 30.5 Å². The summed E-state index contributed by atoms with van der Waals surface area (Å²) in [6.07, 6.45) is 11.9. The number of H-pyrrole nitrogens is 1. The van der Waals surface area contributed by atoms with Gasteiger partial charge in [-0.25, -0.2) is 9.78 Å². The Hall–Kier alpha value is -5.62. The fourth-order valence-corrected chi connectivity index (χ4v) is 9.57. The third-order valence-corrected chi connectivity index (χ3v) is 12.7. The number of carbonyl (C=O) groups is 3. The van der Waals surface area contributed by atoms with Crippen LogP contribution in [0.1, 0.15) is 81.4 Å². The van der Waals surface area contributed by atoms with Crippen molar-refractivity contribution in [3.63, 3.8) is 0 Å². The van der Waals surface area contributed by atoms with E-state index in [1.54, 1.807) is 18.0 Å². The summed E-state index contributed by atoms with van der Waals surface area (Å²) in [6, 6.07) is 19.7. The first-order valence-corrected chi connectivity index (χ1v) is 20.1. The molecule has 4 aromatic rings. The van der Waals surface area contributed by atoms with Gasteiger partial charge in [0.05, 0.1) is 37.2 Å². The maximum atomic E-state index is 13.7. The number of nitrogens with one attached hydrogen (secondary N) is 3. The molecule has 8 rings (SSSR count). The average molecular weight is 770 g/mol. The molecule has 2 bridgehead atoms. The highest BCUT2D eigenvalue weighted by Crippen LogP contribution is 2.54. The Morgan fingerprint density at radius 1 is 0.877 bits per heavy atom. The van der Waals surface area contributed by atoms with Gasteiger partial charge in [0.25, 0.3) is 0 Å². The second-order valence-corrected chi connectivity index (χ2v) is 15.9. The SMILES string of the molecule is COC(=O)N[C@H](C(=O)N1CCC[C@H]1c1ncc(-c2ccc(-c3ccc(C4=CN=C([C@H]5C6CCC(C6)[C@@H]5C(=O)NC(C)c5cccnc5)C4)cc3)cc2)[nH]1)C(C)OC. The van der Waals surface area contributed by atoms with Crippen LogP contribution >= 0.6 is 0 Å². The summed E-state index contributed by atoms with van der Waals surface area (Å²) in [5.41, 5.74) is 8.58. The second kappa shape index (κ2) is 16.5. The van der Waals surface area contributed by atoms with Gasteiger partial charge in [-0.1, -0.05) is 54.6 Å². The molecule has 3 fully saturated rings. The van der Waals surface area contributed by atoms with Crippen LogP contribution in [0.15, 0.2) is 90.4 Å². The number of imidazole rings is 1. The number of hydrogen-bond donors (Lipinski definition) is 3. The van der Waals surface area contributed by atoms with E-state index in [0.717, 1.165) is 71.3 Å². The average Bonchev–Trinajstić information content (AvgIpc) is 4.11. The van der Waals surface area contributed by atoms with Gasteiger partial charge in [0.1, 0.15) is 11.9 Å². The standard InChI is InChI=1S/C45H51N7O5/c1-26(34-7-5-19-46-23-34)49-43(53)40-33-18-17-32(21-33)39(40)36-22-35(24-47-36)30-11-9-28(10-12-30)29-13-15-31(16-14-29)37-25-48-42(50-37)38-8-6-20-52(38)44(54)41(27(2)56-3)51-45(55)57-4/h5,7,9-16,19,23-27,32-33,38-41H,6,8,17-18,20-22H2,1-4H3,(H,48,50)(H,49,53)(H,51,55)/t26?,27?,32?,33?,38-,39+,40-,41-/m0/s1. The molecule has 0 radical (unpaired) electrons. The Labute approximate surface area is 333 Å². The zero-order valence-electron chi connectivity index (χ0n) is 33.0. The van der Waals surface area contributed by atoms with Crippen LogP contribution in [0.2, 0.25) is 0 Å². The molecular formula is C45H51N7O5. The van der Waals surface area contributed by atoms with Crippen molar-refractivity contribution in [3.8, 4) is 22.4 Å². The number of hydrogen-bond acceptors (Lipinski definition) is 8. The lowest BCUT2D eigenvalue weighted by Crippen LogP contribution is -2.54. The molecule has 4 unspecified atom stereocenters. The minimum atomic E-state index is -0.882. The van der Waals surface area contributed by atoms with Gasteiger partial charge in [-0.3, -0.25) is 19.6 Å². The summed E-state index contributed by atoms with van der Waals surface area (Å²) in [7, 11) is 2.78. The number of rotatable bonds is 12. The quantitative estimate of drug-likeness (QED) is 0.137. The van der Waals surface area contributed by atoms with Gasteiger partial charge in [-0.15, -0.1) is 0 Å². The number of aliphatic imine (C=N–C) groups is 1. The molecule has 4 aliphatic rings. The molecule has 2 aliphatic heterocycles. The van der Waals surface area contributed by atoms with E-state index in [1.807, 2.05) is 37.7 Å². The Bertz CT molecular complexity index is 2150. The topological polar surface area (TPSA) is 151 Å². The Balaban J connectivity index is 0.893. The first-order chi connectivity index (χ1) is 27.7. The van der Waals surface area contributed by atoms with Crippen molar-refractivity contribution in [1.29, 1.82) is 0 Å². The summed E-state index contributed by atoms with van der Waals surface area (Å²) in [5, 5.41) is 5.93. The summed E-state index contributed by atoms with van der Waals surface area (Å²) in [4.78, 5) is 58.5. The largest absolute Gasteiger partial charge is 0.453 e. The van der Waals surface area contributed by atoms with Gasteiger partial charge >= 0.3 is 6.09 Å². The number of benzene rings is 2. The number of alkyl carbamates (subject to hydrolysis) is 1. The normalized spacial score (nSPS) is 24.1. The molecule has 2 aromatic carbocycles. The van der Waals surface area contributed by atoms with Crippen LogP contribution in [-0.2, 0) is 19.1 Å². The molecular weight excluding hydrogens is 719 g/mol.